The fourth-order valence-corrected chi connectivity index (χ4v) is 1.95. The number of thiazole rings is 1. The van der Waals surface area contributed by atoms with Gasteiger partial charge >= 0.3 is 10.6 Å². The van der Waals surface area contributed by atoms with Gasteiger partial charge in [0.15, 0.2) is 0 Å². The van der Waals surface area contributed by atoms with Crippen LogP contribution in [-0.4, -0.2) is 14.9 Å². The molecule has 0 saturated carbocycles. The SMILES string of the molecule is N#Cc1cnc(NCc2csc(=O)[nH]2)c([N+](=O)[O-])c1. The zero-order chi connectivity index (χ0) is 13.8. The summed E-state index contributed by atoms with van der Waals surface area (Å²) in [6.45, 7) is 0.207. The van der Waals surface area contributed by atoms with Crippen molar-refractivity contribution in [2.45, 2.75) is 6.54 Å². The maximum Gasteiger partial charge on any atom is 0.312 e. The smallest absolute Gasteiger partial charge is 0.312 e. The van der Waals surface area contributed by atoms with Gasteiger partial charge in [0.1, 0.15) is 6.07 Å². The van der Waals surface area contributed by atoms with Crippen molar-refractivity contribution in [3.63, 3.8) is 0 Å². The lowest BCUT2D eigenvalue weighted by molar-refractivity contribution is -0.384. The standard InChI is InChI=1S/C10H7N5O3S/c11-2-6-1-8(15(17)18)9(12-3-6)13-4-7-5-19-10(16)14-7/h1,3,5H,4H2,(H,12,13)(H,14,16). The average molecular weight is 277 g/mol. The molecule has 9 heteroatoms. The number of nitriles is 1. The van der Waals surface area contributed by atoms with Crippen molar-refractivity contribution in [1.29, 1.82) is 5.26 Å². The van der Waals surface area contributed by atoms with Crippen LogP contribution >= 0.6 is 11.3 Å². The Hall–Kier alpha value is -2.73. The van der Waals surface area contributed by atoms with Crippen LogP contribution in [-0.2, 0) is 6.54 Å². The first kappa shape index (κ1) is 12.7. The third kappa shape index (κ3) is 2.93. The van der Waals surface area contributed by atoms with E-state index in [1.807, 2.05) is 0 Å². The van der Waals surface area contributed by atoms with E-state index in [1.54, 1.807) is 11.4 Å². The number of nitrogens with zero attached hydrogens (tertiary/aromatic N) is 3. The number of hydrogen-bond acceptors (Lipinski definition) is 7. The summed E-state index contributed by atoms with van der Waals surface area (Å²) in [6.07, 6.45) is 1.24. The number of H-pyrrole nitrogens is 1. The minimum Gasteiger partial charge on any atom is -0.359 e. The van der Waals surface area contributed by atoms with Crippen LogP contribution in [0.5, 0.6) is 0 Å². The lowest BCUT2D eigenvalue weighted by Gasteiger charge is -2.04. The Labute approximate surface area is 110 Å². The van der Waals surface area contributed by atoms with Gasteiger partial charge < -0.3 is 10.3 Å². The lowest BCUT2D eigenvalue weighted by Crippen LogP contribution is -2.06. The highest BCUT2D eigenvalue weighted by Crippen LogP contribution is 2.22. The van der Waals surface area contributed by atoms with Crippen LogP contribution in [0.1, 0.15) is 11.3 Å². The Morgan fingerprint density at radius 2 is 2.42 bits per heavy atom. The summed E-state index contributed by atoms with van der Waals surface area (Å²) in [5.41, 5.74) is 0.438. The van der Waals surface area contributed by atoms with Crippen molar-refractivity contribution >= 4 is 22.8 Å². The highest BCUT2D eigenvalue weighted by atomic mass is 32.1. The number of aromatic amines is 1. The Morgan fingerprint density at radius 1 is 1.63 bits per heavy atom. The van der Waals surface area contributed by atoms with Crippen LogP contribution < -0.4 is 10.2 Å². The molecule has 0 aliphatic rings. The molecular weight excluding hydrogens is 270 g/mol. The Kier molecular flexibility index (Phi) is 3.53. The van der Waals surface area contributed by atoms with Crippen LogP contribution in [0.2, 0.25) is 0 Å². The highest BCUT2D eigenvalue weighted by molar-refractivity contribution is 7.07. The van der Waals surface area contributed by atoms with Crippen molar-refractivity contribution in [1.82, 2.24) is 9.97 Å². The van der Waals surface area contributed by atoms with Gasteiger partial charge in [-0.1, -0.05) is 11.3 Å². The molecule has 0 saturated heterocycles. The van der Waals surface area contributed by atoms with Gasteiger partial charge in [-0.05, 0) is 0 Å². The van der Waals surface area contributed by atoms with E-state index in [-0.39, 0.29) is 28.5 Å². The minimum absolute atomic E-state index is 0.0519. The Bertz CT molecular complexity index is 714. The van der Waals surface area contributed by atoms with Crippen molar-refractivity contribution in [3.8, 4) is 6.07 Å². The number of hydrogen-bond donors (Lipinski definition) is 2. The molecule has 19 heavy (non-hydrogen) atoms. The zero-order valence-corrected chi connectivity index (χ0v) is 10.2. The Morgan fingerprint density at radius 3 is 3.00 bits per heavy atom. The molecule has 0 atom stereocenters. The normalized spacial score (nSPS) is 9.84. The second kappa shape index (κ2) is 5.28. The molecule has 0 amide bonds. The maximum absolute atomic E-state index is 10.9. The van der Waals surface area contributed by atoms with Crippen molar-refractivity contribution in [2.75, 3.05) is 5.32 Å². The van der Waals surface area contributed by atoms with E-state index >= 15 is 0 Å². The van der Waals surface area contributed by atoms with Crippen LogP contribution in [0, 0.1) is 21.4 Å². The molecule has 2 rings (SSSR count). The largest absolute Gasteiger partial charge is 0.359 e. The fraction of sp³-hybridized carbons (Fsp3) is 0.100. The molecule has 2 aromatic rings. The molecule has 2 heterocycles. The van der Waals surface area contributed by atoms with E-state index in [0.717, 1.165) is 17.4 Å². The third-order valence-corrected chi connectivity index (χ3v) is 2.93. The number of pyridine rings is 1. The second-order valence-corrected chi connectivity index (χ2v) is 4.33. The molecule has 2 aromatic heterocycles. The first-order valence-electron chi connectivity index (χ1n) is 5.05. The molecule has 0 spiro atoms. The van der Waals surface area contributed by atoms with E-state index in [9.17, 15) is 14.9 Å². The summed E-state index contributed by atoms with van der Waals surface area (Å²) >= 11 is 1.01. The third-order valence-electron chi connectivity index (χ3n) is 2.21. The van der Waals surface area contributed by atoms with Crippen molar-refractivity contribution in [3.05, 3.63) is 48.7 Å². The number of rotatable bonds is 4. The van der Waals surface area contributed by atoms with Crippen LogP contribution in [0.4, 0.5) is 11.5 Å². The van der Waals surface area contributed by atoms with Gasteiger partial charge in [0.25, 0.3) is 0 Å². The molecular formula is C10H7N5O3S. The number of nitro groups is 1. The van der Waals surface area contributed by atoms with Gasteiger partial charge in [0.2, 0.25) is 5.82 Å². The molecule has 0 unspecified atom stereocenters. The summed E-state index contributed by atoms with van der Waals surface area (Å²) in [5, 5.41) is 23.9. The lowest BCUT2D eigenvalue weighted by atomic mass is 10.2. The van der Waals surface area contributed by atoms with Gasteiger partial charge in [-0.25, -0.2) is 4.98 Å². The maximum atomic E-state index is 10.9. The summed E-state index contributed by atoms with van der Waals surface area (Å²) in [6, 6.07) is 2.93. The number of aromatic nitrogens is 2. The van der Waals surface area contributed by atoms with E-state index in [0.29, 0.717) is 5.69 Å². The monoisotopic (exact) mass is 277 g/mol. The van der Waals surface area contributed by atoms with Crippen molar-refractivity contribution in [2.24, 2.45) is 0 Å². The minimum atomic E-state index is -0.619. The van der Waals surface area contributed by atoms with Crippen LogP contribution in [0.15, 0.2) is 22.4 Å². The molecule has 0 fully saturated rings. The molecule has 0 bridgehead atoms. The summed E-state index contributed by atoms with van der Waals surface area (Å²) < 4.78 is 0. The molecule has 0 radical (unpaired) electrons. The molecule has 0 aromatic carbocycles. The molecule has 96 valence electrons. The summed E-state index contributed by atoms with van der Waals surface area (Å²) in [7, 11) is 0. The van der Waals surface area contributed by atoms with E-state index in [1.165, 1.54) is 6.20 Å². The summed E-state index contributed by atoms with van der Waals surface area (Å²) in [5.74, 6) is 0.0519. The molecule has 2 N–H and O–H groups in total. The van der Waals surface area contributed by atoms with Crippen LogP contribution in [0.25, 0.3) is 0 Å². The second-order valence-electron chi connectivity index (χ2n) is 3.49. The van der Waals surface area contributed by atoms with Gasteiger partial charge in [-0.15, -0.1) is 0 Å². The van der Waals surface area contributed by atoms with E-state index < -0.39 is 4.92 Å². The highest BCUT2D eigenvalue weighted by Gasteiger charge is 2.16. The molecule has 0 aliphatic carbocycles. The van der Waals surface area contributed by atoms with Gasteiger partial charge in [0.05, 0.1) is 17.0 Å². The van der Waals surface area contributed by atoms with Crippen LogP contribution in [0.3, 0.4) is 0 Å². The first-order chi connectivity index (χ1) is 9.10. The predicted octanol–water partition coefficient (Wildman–Crippen LogP) is 1.22. The average Bonchev–Trinajstić information content (AvgIpc) is 2.82. The quantitative estimate of drug-likeness (QED) is 0.639. The summed E-state index contributed by atoms with van der Waals surface area (Å²) in [4.78, 5) is 27.4. The number of nitrogens with one attached hydrogen (secondary N) is 2. The van der Waals surface area contributed by atoms with E-state index in [2.05, 4.69) is 15.3 Å². The first-order valence-corrected chi connectivity index (χ1v) is 5.93. The topological polar surface area (TPSA) is 125 Å². The Balaban J connectivity index is 2.22. The van der Waals surface area contributed by atoms with E-state index in [4.69, 9.17) is 5.26 Å². The van der Waals surface area contributed by atoms with Gasteiger partial charge in [0, 0.05) is 23.3 Å². The molecule has 8 nitrogen and oxygen atoms in total. The predicted molar refractivity (Wildman–Crippen MR) is 67.9 cm³/mol. The van der Waals surface area contributed by atoms with Gasteiger partial charge in [-0.2, -0.15) is 5.26 Å². The number of anilines is 1. The van der Waals surface area contributed by atoms with Gasteiger partial charge in [-0.3, -0.25) is 14.9 Å². The fourth-order valence-electron chi connectivity index (χ4n) is 1.37. The van der Waals surface area contributed by atoms with Crippen molar-refractivity contribution < 1.29 is 4.92 Å². The zero-order valence-electron chi connectivity index (χ0n) is 9.41. The molecule has 0 aliphatic heterocycles.